The van der Waals surface area contributed by atoms with Gasteiger partial charge in [-0.3, -0.25) is 9.80 Å². The summed E-state index contributed by atoms with van der Waals surface area (Å²) >= 11 is 0. The van der Waals surface area contributed by atoms with Gasteiger partial charge in [0.2, 0.25) is 0 Å². The summed E-state index contributed by atoms with van der Waals surface area (Å²) in [6.45, 7) is 2.38. The molecule has 0 radical (unpaired) electrons. The highest BCUT2D eigenvalue weighted by Gasteiger charge is 2.37. The van der Waals surface area contributed by atoms with Crippen molar-refractivity contribution in [3.05, 3.63) is 12.3 Å². The van der Waals surface area contributed by atoms with Crippen molar-refractivity contribution in [1.82, 2.24) is 5.32 Å². The predicted octanol–water partition coefficient (Wildman–Crippen LogP) is 0.670. The Morgan fingerprint density at radius 2 is 2.50 bits per heavy atom. The van der Waals surface area contributed by atoms with E-state index >= 15 is 0 Å². The summed E-state index contributed by atoms with van der Waals surface area (Å²) in [6, 6.07) is 0. The second-order valence-corrected chi connectivity index (χ2v) is 3.52. The van der Waals surface area contributed by atoms with Crippen molar-refractivity contribution in [2.24, 2.45) is 0 Å². The fourth-order valence-corrected chi connectivity index (χ4v) is 2.06. The second kappa shape index (κ2) is 2.07. The zero-order valence-electron chi connectivity index (χ0n) is 6.51. The van der Waals surface area contributed by atoms with Crippen molar-refractivity contribution in [2.75, 3.05) is 20.1 Å². The van der Waals surface area contributed by atoms with E-state index in [0.29, 0.717) is 6.17 Å². The van der Waals surface area contributed by atoms with Crippen LogP contribution in [0.2, 0.25) is 0 Å². The molecule has 10 heavy (non-hydrogen) atoms. The third-order valence-electron chi connectivity index (χ3n) is 2.75. The molecule has 1 N–H and O–H groups in total. The van der Waals surface area contributed by atoms with E-state index in [1.807, 2.05) is 0 Å². The van der Waals surface area contributed by atoms with Crippen molar-refractivity contribution in [2.45, 2.75) is 19.0 Å². The summed E-state index contributed by atoms with van der Waals surface area (Å²) in [5.41, 5.74) is 0. The average Bonchev–Trinajstić information content (AvgIpc) is 2.29. The molecule has 0 aliphatic carbocycles. The van der Waals surface area contributed by atoms with Crippen molar-refractivity contribution in [1.29, 1.82) is 0 Å². The molecule has 1 fully saturated rings. The first-order valence-corrected chi connectivity index (χ1v) is 4.07. The van der Waals surface area contributed by atoms with E-state index in [0.717, 1.165) is 11.0 Å². The van der Waals surface area contributed by atoms with Gasteiger partial charge in [-0.1, -0.05) is 0 Å². The minimum Gasteiger partial charge on any atom is -0.285 e. The molecule has 0 amide bonds. The van der Waals surface area contributed by atoms with Crippen molar-refractivity contribution in [3.63, 3.8) is 0 Å². The molecule has 2 aliphatic heterocycles. The Labute approximate surface area is 62.1 Å². The highest BCUT2D eigenvalue weighted by Crippen LogP contribution is 2.24. The highest BCUT2D eigenvalue weighted by atomic mass is 15.4. The molecule has 2 atom stereocenters. The fraction of sp³-hybridized carbons (Fsp3) is 0.750. The van der Waals surface area contributed by atoms with Crippen molar-refractivity contribution in [3.8, 4) is 0 Å². The highest BCUT2D eigenvalue weighted by molar-refractivity contribution is 4.86. The summed E-state index contributed by atoms with van der Waals surface area (Å²) in [6.07, 6.45) is 8.01. The van der Waals surface area contributed by atoms with Gasteiger partial charge in [-0.25, -0.2) is 0 Å². The third-order valence-corrected chi connectivity index (χ3v) is 2.75. The van der Waals surface area contributed by atoms with Crippen LogP contribution in [0.15, 0.2) is 12.3 Å². The molecule has 2 rings (SSSR count). The number of quaternary nitrogens is 1. The number of fused-ring (bicyclic) bond motifs is 1. The smallest absolute Gasteiger partial charge is 0.147 e. The zero-order chi connectivity index (χ0) is 7.03. The Bertz CT molecular complexity index is 165. The van der Waals surface area contributed by atoms with Gasteiger partial charge in [-0.05, 0) is 6.08 Å². The van der Waals surface area contributed by atoms with Gasteiger partial charge in [-0.2, -0.15) is 0 Å². The monoisotopic (exact) mass is 139 g/mol. The molecule has 0 bridgehead atoms. The van der Waals surface area contributed by atoms with Crippen LogP contribution >= 0.6 is 0 Å². The summed E-state index contributed by atoms with van der Waals surface area (Å²) in [4.78, 5) is 0. The summed E-state index contributed by atoms with van der Waals surface area (Å²) in [7, 11) is 2.31. The maximum Gasteiger partial charge on any atom is 0.147 e. The van der Waals surface area contributed by atoms with Crippen LogP contribution in [0, 0.1) is 0 Å². The molecule has 2 nitrogen and oxygen atoms in total. The van der Waals surface area contributed by atoms with E-state index < -0.39 is 0 Å². The molecule has 2 heteroatoms. The van der Waals surface area contributed by atoms with Crippen LogP contribution in [-0.2, 0) is 0 Å². The molecule has 1 saturated heterocycles. The molecular formula is C8H15N2+. The van der Waals surface area contributed by atoms with Gasteiger partial charge in [0.25, 0.3) is 0 Å². The Morgan fingerprint density at radius 1 is 1.60 bits per heavy atom. The van der Waals surface area contributed by atoms with Crippen LogP contribution < -0.4 is 5.32 Å². The molecule has 56 valence electrons. The lowest BCUT2D eigenvalue weighted by atomic mass is 10.3. The summed E-state index contributed by atoms with van der Waals surface area (Å²) in [5.74, 6) is 0. The third kappa shape index (κ3) is 0.796. The predicted molar refractivity (Wildman–Crippen MR) is 41.2 cm³/mol. The first-order chi connectivity index (χ1) is 4.81. The van der Waals surface area contributed by atoms with Gasteiger partial charge in [0.15, 0.2) is 0 Å². The SMILES string of the molecule is C[N+]12C=CCNC1CCC2. The Kier molecular flexibility index (Phi) is 1.32. The van der Waals surface area contributed by atoms with Crippen LogP contribution in [0.25, 0.3) is 0 Å². The normalized spacial score (nSPS) is 45.5. The lowest BCUT2D eigenvalue weighted by Gasteiger charge is -2.34. The summed E-state index contributed by atoms with van der Waals surface area (Å²) in [5, 5.41) is 3.51. The topological polar surface area (TPSA) is 12.0 Å². The standard InChI is InChI=1S/C8H15N2/c1-10-6-2-4-8(10)9-5-3-7-10/h3,7-9H,2,4-6H2,1H3/q+1. The molecule has 0 saturated carbocycles. The van der Waals surface area contributed by atoms with E-state index in [1.165, 1.54) is 19.4 Å². The van der Waals surface area contributed by atoms with Crippen molar-refractivity contribution < 1.29 is 4.48 Å². The summed E-state index contributed by atoms with van der Waals surface area (Å²) < 4.78 is 1.12. The largest absolute Gasteiger partial charge is 0.285 e. The maximum absolute atomic E-state index is 3.51. The minimum absolute atomic E-state index is 0.713. The van der Waals surface area contributed by atoms with E-state index in [-0.39, 0.29) is 0 Å². The molecule has 0 spiro atoms. The number of rotatable bonds is 0. The molecule has 2 heterocycles. The van der Waals surface area contributed by atoms with Gasteiger partial charge >= 0.3 is 0 Å². The lowest BCUT2D eigenvalue weighted by Crippen LogP contribution is -2.53. The first-order valence-electron chi connectivity index (χ1n) is 4.07. The van der Waals surface area contributed by atoms with Gasteiger partial charge in [0.05, 0.1) is 19.8 Å². The Morgan fingerprint density at radius 3 is 3.30 bits per heavy atom. The second-order valence-electron chi connectivity index (χ2n) is 3.52. The number of nitrogens with one attached hydrogen (secondary N) is 1. The Hall–Kier alpha value is -0.340. The van der Waals surface area contributed by atoms with Crippen LogP contribution in [0.4, 0.5) is 0 Å². The van der Waals surface area contributed by atoms with Crippen LogP contribution in [0.1, 0.15) is 12.8 Å². The van der Waals surface area contributed by atoms with Crippen molar-refractivity contribution >= 4 is 0 Å². The molecular weight excluding hydrogens is 124 g/mol. The molecule has 0 aromatic carbocycles. The van der Waals surface area contributed by atoms with Crippen LogP contribution in [-0.4, -0.2) is 30.8 Å². The van der Waals surface area contributed by atoms with Crippen LogP contribution in [0.5, 0.6) is 0 Å². The number of nitrogens with zero attached hydrogens (tertiary/aromatic N) is 1. The minimum atomic E-state index is 0.713. The average molecular weight is 139 g/mol. The van der Waals surface area contributed by atoms with Gasteiger partial charge in [-0.15, -0.1) is 0 Å². The molecule has 2 aliphatic rings. The van der Waals surface area contributed by atoms with Crippen LogP contribution in [0.3, 0.4) is 0 Å². The lowest BCUT2D eigenvalue weighted by molar-refractivity contribution is -0.877. The number of hydrogen-bond acceptors (Lipinski definition) is 1. The molecule has 0 aromatic rings. The van der Waals surface area contributed by atoms with E-state index in [4.69, 9.17) is 0 Å². The van der Waals surface area contributed by atoms with E-state index in [1.54, 1.807) is 0 Å². The fourth-order valence-electron chi connectivity index (χ4n) is 2.06. The van der Waals surface area contributed by atoms with E-state index in [2.05, 4.69) is 24.6 Å². The zero-order valence-corrected chi connectivity index (χ0v) is 6.51. The number of hydrogen-bond donors (Lipinski definition) is 1. The Balaban J connectivity index is 2.23. The maximum atomic E-state index is 3.51. The quantitative estimate of drug-likeness (QED) is 0.486. The van der Waals surface area contributed by atoms with E-state index in [9.17, 15) is 0 Å². The van der Waals surface area contributed by atoms with Gasteiger partial charge < -0.3 is 0 Å². The van der Waals surface area contributed by atoms with Gasteiger partial charge in [0.1, 0.15) is 6.17 Å². The molecule has 2 unspecified atom stereocenters. The molecule has 0 aromatic heterocycles. The first kappa shape index (κ1) is 6.38. The van der Waals surface area contributed by atoms with Gasteiger partial charge in [0, 0.05) is 19.4 Å².